The molecule has 1 saturated carbocycles. The van der Waals surface area contributed by atoms with E-state index in [0.717, 1.165) is 0 Å². The highest BCUT2D eigenvalue weighted by Gasteiger charge is 2.59. The molecule has 200 valence electrons. The average molecular weight is 532 g/mol. The fraction of sp³-hybridized carbons (Fsp3) is 0.321. The predicted octanol–water partition coefficient (Wildman–Crippen LogP) is 3.65. The fourth-order valence-electron chi connectivity index (χ4n) is 5.14. The van der Waals surface area contributed by atoms with Crippen LogP contribution in [0.25, 0.3) is 17.2 Å². The number of carbonyl (C=O) groups excluding carboxylic acids is 1. The zero-order valence-corrected chi connectivity index (χ0v) is 21.7. The highest BCUT2D eigenvalue weighted by molar-refractivity contribution is 5.95. The van der Waals surface area contributed by atoms with Crippen molar-refractivity contribution < 1.29 is 18.3 Å². The summed E-state index contributed by atoms with van der Waals surface area (Å²) in [6.45, 7) is 6.24. The lowest BCUT2D eigenvalue weighted by atomic mass is 9.94. The molecule has 1 aliphatic carbocycles. The van der Waals surface area contributed by atoms with E-state index in [-0.39, 0.29) is 41.0 Å². The van der Waals surface area contributed by atoms with Crippen LogP contribution in [0.2, 0.25) is 0 Å². The third-order valence-corrected chi connectivity index (χ3v) is 7.29. The Morgan fingerprint density at radius 1 is 1.10 bits per heavy atom. The second-order valence-corrected chi connectivity index (χ2v) is 10.6. The number of nitrogens with zero attached hydrogens (tertiary/aromatic N) is 6. The fourth-order valence-corrected chi connectivity index (χ4v) is 5.14. The summed E-state index contributed by atoms with van der Waals surface area (Å²) in [6.07, 6.45) is 4.74. The van der Waals surface area contributed by atoms with Crippen LogP contribution in [-0.2, 0) is 5.54 Å². The van der Waals surface area contributed by atoms with Crippen LogP contribution in [0.3, 0.4) is 0 Å². The van der Waals surface area contributed by atoms with E-state index in [1.54, 1.807) is 50.3 Å². The number of pyridine rings is 1. The minimum atomic E-state index is -0.990. The van der Waals surface area contributed by atoms with Gasteiger partial charge in [0.25, 0.3) is 5.91 Å². The number of aromatic nitrogens is 5. The van der Waals surface area contributed by atoms with E-state index in [9.17, 15) is 9.18 Å². The van der Waals surface area contributed by atoms with Gasteiger partial charge in [-0.1, -0.05) is 0 Å². The number of piperidine rings is 1. The highest BCUT2D eigenvalue weighted by atomic mass is 19.1. The number of hydrogen-bond donors (Lipinski definition) is 1. The molecule has 0 radical (unpaired) electrons. The minimum absolute atomic E-state index is 0.0542. The highest BCUT2D eigenvalue weighted by Crippen LogP contribution is 2.48. The third kappa shape index (κ3) is 4.63. The topological polar surface area (TPSA) is 112 Å². The van der Waals surface area contributed by atoms with Gasteiger partial charge in [0.05, 0.1) is 11.3 Å². The van der Waals surface area contributed by atoms with Gasteiger partial charge in [0.15, 0.2) is 5.82 Å². The van der Waals surface area contributed by atoms with Crippen LogP contribution in [0.4, 0.5) is 8.78 Å². The van der Waals surface area contributed by atoms with E-state index in [1.807, 2.05) is 0 Å². The summed E-state index contributed by atoms with van der Waals surface area (Å²) in [7, 11) is 0. The van der Waals surface area contributed by atoms with Gasteiger partial charge in [0, 0.05) is 66.2 Å². The lowest BCUT2D eigenvalue weighted by Gasteiger charge is -2.23. The Labute approximate surface area is 223 Å². The van der Waals surface area contributed by atoms with Crippen molar-refractivity contribution in [3.8, 4) is 23.1 Å². The molecule has 1 amide bonds. The van der Waals surface area contributed by atoms with Crippen LogP contribution in [0.1, 0.15) is 35.5 Å². The Morgan fingerprint density at radius 2 is 1.77 bits per heavy atom. The normalized spacial score (nSPS) is 20.2. The molecule has 1 saturated heterocycles. The van der Waals surface area contributed by atoms with Crippen LogP contribution >= 0.6 is 0 Å². The molecule has 4 aromatic rings. The van der Waals surface area contributed by atoms with E-state index in [2.05, 4.69) is 20.1 Å². The van der Waals surface area contributed by atoms with Crippen LogP contribution < -0.4 is 10.5 Å². The molecule has 0 bridgehead atoms. The molecule has 39 heavy (non-hydrogen) atoms. The first-order valence-electron chi connectivity index (χ1n) is 12.7. The number of aryl methyl sites for hydroxylation is 1. The lowest BCUT2D eigenvalue weighted by molar-refractivity contribution is 0.0750. The maximum atomic E-state index is 15.4. The van der Waals surface area contributed by atoms with Gasteiger partial charge >= 0.3 is 0 Å². The van der Waals surface area contributed by atoms with Gasteiger partial charge in [-0.2, -0.15) is 5.10 Å². The number of benzene rings is 1. The Bertz CT molecular complexity index is 1540. The zero-order valence-electron chi connectivity index (χ0n) is 21.7. The van der Waals surface area contributed by atoms with Crippen molar-refractivity contribution in [1.82, 2.24) is 29.6 Å². The molecule has 3 atom stereocenters. The molecule has 3 aromatic heterocycles. The summed E-state index contributed by atoms with van der Waals surface area (Å²) >= 11 is 0. The van der Waals surface area contributed by atoms with Gasteiger partial charge in [-0.15, -0.1) is 0 Å². The van der Waals surface area contributed by atoms with Gasteiger partial charge < -0.3 is 15.4 Å². The molecule has 2 N–H and O–H groups in total. The first-order chi connectivity index (χ1) is 18.6. The van der Waals surface area contributed by atoms with Crippen molar-refractivity contribution in [1.29, 1.82) is 0 Å². The molecule has 6 rings (SSSR count). The zero-order chi connectivity index (χ0) is 27.5. The maximum absolute atomic E-state index is 15.4. The van der Waals surface area contributed by atoms with Crippen molar-refractivity contribution >= 4 is 5.91 Å². The smallest absolute Gasteiger partial charge is 0.257 e. The monoisotopic (exact) mass is 531 g/mol. The van der Waals surface area contributed by atoms with E-state index in [1.165, 1.54) is 35.0 Å². The molecule has 0 unspecified atom stereocenters. The van der Waals surface area contributed by atoms with E-state index < -0.39 is 17.2 Å². The summed E-state index contributed by atoms with van der Waals surface area (Å²) in [5.74, 6) is -0.177. The number of halogens is 2. The Kier molecular flexibility index (Phi) is 5.91. The largest absolute Gasteiger partial charge is 0.474 e. The minimum Gasteiger partial charge on any atom is -0.474 e. The number of hydrogen-bond acceptors (Lipinski definition) is 7. The Hall–Kier alpha value is -4.25. The predicted molar refractivity (Wildman–Crippen MR) is 138 cm³/mol. The van der Waals surface area contributed by atoms with Crippen molar-refractivity contribution in [2.75, 3.05) is 13.1 Å². The standard InChI is InChI=1S/C28H27F2N7O2/c1-15-18(14-37(35-15)27-32-9-4-10-33-27)26(38)36-12-19-20(13-36)25(19)39-22-11-21(28(2,3)31)23(30)24(34-22)16-5-7-17(29)8-6-16/h4-11,14,19-20,25H,12-13,31H2,1-3H3/t19-,20+,25-. The van der Waals surface area contributed by atoms with Crippen molar-refractivity contribution in [2.24, 2.45) is 17.6 Å². The molecule has 9 nitrogen and oxygen atoms in total. The van der Waals surface area contributed by atoms with Gasteiger partial charge in [0.2, 0.25) is 11.8 Å². The summed E-state index contributed by atoms with van der Waals surface area (Å²) < 4.78 is 36.6. The van der Waals surface area contributed by atoms with Crippen molar-refractivity contribution in [3.63, 3.8) is 0 Å². The number of likely N-dealkylation sites (tertiary alicyclic amines) is 1. The van der Waals surface area contributed by atoms with E-state index in [0.29, 0.717) is 35.9 Å². The second kappa shape index (κ2) is 9.19. The van der Waals surface area contributed by atoms with Crippen LogP contribution in [0.15, 0.2) is 55.0 Å². The molecule has 2 fully saturated rings. The number of rotatable bonds is 6. The van der Waals surface area contributed by atoms with E-state index in [4.69, 9.17) is 10.5 Å². The van der Waals surface area contributed by atoms with Gasteiger partial charge in [0.1, 0.15) is 17.6 Å². The molecule has 2 aliphatic rings. The third-order valence-electron chi connectivity index (χ3n) is 7.29. The molecule has 1 aliphatic heterocycles. The summed E-state index contributed by atoms with van der Waals surface area (Å²) in [5, 5.41) is 4.40. The SMILES string of the molecule is Cc1nn(-c2ncccn2)cc1C(=O)N1C[C@@H]2[C@H](C1)[C@@H]2Oc1cc(C(C)(C)N)c(F)c(-c2ccc(F)cc2)n1. The average Bonchev–Trinajstić information content (AvgIpc) is 3.22. The number of amides is 1. The summed E-state index contributed by atoms with van der Waals surface area (Å²) in [6, 6.07) is 8.70. The molecular weight excluding hydrogens is 504 g/mol. The first-order valence-corrected chi connectivity index (χ1v) is 12.7. The number of carbonyl (C=O) groups is 1. The maximum Gasteiger partial charge on any atom is 0.257 e. The number of fused-ring (bicyclic) bond motifs is 1. The van der Waals surface area contributed by atoms with Crippen molar-refractivity contribution in [2.45, 2.75) is 32.4 Å². The molecular formula is C28H27F2N7O2. The first kappa shape index (κ1) is 25.1. The second-order valence-electron chi connectivity index (χ2n) is 10.6. The lowest BCUT2D eigenvalue weighted by Crippen LogP contribution is -2.33. The molecule has 4 heterocycles. The molecule has 11 heteroatoms. The summed E-state index contributed by atoms with van der Waals surface area (Å²) in [4.78, 5) is 27.8. The number of nitrogens with two attached hydrogens (primary N) is 1. The van der Waals surface area contributed by atoms with Crippen LogP contribution in [0.5, 0.6) is 5.88 Å². The Morgan fingerprint density at radius 3 is 2.41 bits per heavy atom. The van der Waals surface area contributed by atoms with Crippen LogP contribution in [-0.4, -0.2) is 54.7 Å². The van der Waals surface area contributed by atoms with Gasteiger partial charge in [-0.3, -0.25) is 4.79 Å². The van der Waals surface area contributed by atoms with E-state index >= 15 is 4.39 Å². The summed E-state index contributed by atoms with van der Waals surface area (Å²) in [5.41, 5.74) is 7.09. The number of ether oxygens (including phenoxy) is 1. The van der Waals surface area contributed by atoms with Crippen LogP contribution in [0, 0.1) is 30.4 Å². The van der Waals surface area contributed by atoms with Gasteiger partial charge in [-0.25, -0.2) is 28.4 Å². The molecule has 0 spiro atoms. The van der Waals surface area contributed by atoms with Crippen molar-refractivity contribution in [3.05, 3.63) is 83.4 Å². The quantitative estimate of drug-likeness (QED) is 0.404. The molecule has 1 aromatic carbocycles. The van der Waals surface area contributed by atoms with Gasteiger partial charge in [-0.05, 0) is 51.1 Å². The Balaban J connectivity index is 1.18.